The Balaban J connectivity index is 2.00. The Morgan fingerprint density at radius 2 is 2.04 bits per heavy atom. The lowest BCUT2D eigenvalue weighted by Crippen LogP contribution is -2.38. The number of amides is 1. The van der Waals surface area contributed by atoms with Crippen molar-refractivity contribution in [3.05, 3.63) is 42.0 Å². The Hall–Kier alpha value is -2.32. The van der Waals surface area contributed by atoms with Gasteiger partial charge >= 0.3 is 0 Å². The van der Waals surface area contributed by atoms with E-state index in [2.05, 4.69) is 10.1 Å². The molecule has 8 heteroatoms. The molecule has 0 aliphatic carbocycles. The minimum absolute atomic E-state index is 0.0733. The molecule has 1 amide bonds. The summed E-state index contributed by atoms with van der Waals surface area (Å²) in [6.45, 7) is 5.13. The topological polar surface area (TPSA) is 54.3 Å². The second-order valence-corrected chi connectivity index (χ2v) is 7.63. The minimum atomic E-state index is -0.309. The Kier molecular flexibility index (Phi) is 5.33. The molecular formula is C18H22FN5OS. The van der Waals surface area contributed by atoms with Crippen molar-refractivity contribution in [2.45, 2.75) is 19.9 Å². The van der Waals surface area contributed by atoms with Gasteiger partial charge in [-0.3, -0.25) is 14.4 Å². The smallest absolute Gasteiger partial charge is 0.278 e. The van der Waals surface area contributed by atoms with Gasteiger partial charge in [-0.15, -0.1) is 0 Å². The fourth-order valence-electron chi connectivity index (χ4n) is 2.62. The molecule has 1 aromatic carbocycles. The predicted octanol–water partition coefficient (Wildman–Crippen LogP) is 3.42. The lowest BCUT2D eigenvalue weighted by molar-refractivity contribution is 0.0973. The van der Waals surface area contributed by atoms with Gasteiger partial charge in [-0.25, -0.2) is 9.37 Å². The number of halogens is 1. The van der Waals surface area contributed by atoms with Gasteiger partial charge < -0.3 is 4.90 Å². The summed E-state index contributed by atoms with van der Waals surface area (Å²) in [6.07, 6.45) is 1.63. The van der Waals surface area contributed by atoms with E-state index >= 15 is 0 Å². The van der Waals surface area contributed by atoms with Crippen LogP contribution >= 0.6 is 11.3 Å². The maximum atomic E-state index is 13.5. The van der Waals surface area contributed by atoms with Gasteiger partial charge in [0.25, 0.3) is 5.91 Å². The Morgan fingerprint density at radius 3 is 2.73 bits per heavy atom. The highest BCUT2D eigenvalue weighted by Gasteiger charge is 2.25. The Labute approximate surface area is 155 Å². The molecule has 0 unspecified atom stereocenters. The van der Waals surface area contributed by atoms with Crippen LogP contribution < -0.4 is 4.90 Å². The van der Waals surface area contributed by atoms with Crippen LogP contribution in [0.2, 0.25) is 0 Å². The van der Waals surface area contributed by atoms with Crippen LogP contribution in [0.5, 0.6) is 0 Å². The molecule has 0 saturated carbocycles. The number of nitrogens with zero attached hydrogens (tertiary/aromatic N) is 5. The number of hydrogen-bond acceptors (Lipinski definition) is 5. The molecule has 0 aliphatic heterocycles. The SMILES string of the molecule is CC(C)n1nccc1C(=O)N(CCN(C)C)c1nc2ccc(F)cc2s1. The molecule has 0 bridgehead atoms. The monoisotopic (exact) mass is 375 g/mol. The van der Waals surface area contributed by atoms with Crippen molar-refractivity contribution in [2.75, 3.05) is 32.1 Å². The average molecular weight is 375 g/mol. The van der Waals surface area contributed by atoms with Crippen LogP contribution in [0.25, 0.3) is 10.2 Å². The molecule has 0 spiro atoms. The molecule has 2 aromatic heterocycles. The summed E-state index contributed by atoms with van der Waals surface area (Å²) >= 11 is 1.32. The molecule has 0 N–H and O–H groups in total. The zero-order valence-electron chi connectivity index (χ0n) is 15.3. The van der Waals surface area contributed by atoms with Crippen LogP contribution in [0.1, 0.15) is 30.4 Å². The van der Waals surface area contributed by atoms with Crippen LogP contribution in [-0.2, 0) is 0 Å². The summed E-state index contributed by atoms with van der Waals surface area (Å²) in [6, 6.07) is 6.26. The second kappa shape index (κ2) is 7.51. The molecule has 0 fully saturated rings. The van der Waals surface area contributed by atoms with E-state index in [1.165, 1.54) is 23.5 Å². The highest BCUT2D eigenvalue weighted by atomic mass is 32.1. The number of rotatable bonds is 6. The van der Waals surface area contributed by atoms with E-state index in [0.29, 0.717) is 29.4 Å². The number of carbonyl (C=O) groups excluding carboxylic acids is 1. The van der Waals surface area contributed by atoms with Gasteiger partial charge in [0.15, 0.2) is 5.13 Å². The number of likely N-dealkylation sites (N-methyl/N-ethyl adjacent to an activating group) is 1. The van der Waals surface area contributed by atoms with Crippen molar-refractivity contribution in [1.29, 1.82) is 0 Å². The van der Waals surface area contributed by atoms with Gasteiger partial charge in [0.05, 0.1) is 10.2 Å². The number of benzene rings is 1. The Bertz CT molecular complexity index is 917. The largest absolute Gasteiger partial charge is 0.308 e. The first-order chi connectivity index (χ1) is 12.4. The fraction of sp³-hybridized carbons (Fsp3) is 0.389. The number of aromatic nitrogens is 3. The van der Waals surface area contributed by atoms with Gasteiger partial charge in [-0.05, 0) is 52.2 Å². The van der Waals surface area contributed by atoms with Gasteiger partial charge in [-0.2, -0.15) is 5.10 Å². The van der Waals surface area contributed by atoms with Crippen LogP contribution in [0, 0.1) is 5.82 Å². The summed E-state index contributed by atoms with van der Waals surface area (Å²) in [7, 11) is 3.91. The molecule has 138 valence electrons. The first-order valence-electron chi connectivity index (χ1n) is 8.43. The number of carbonyl (C=O) groups is 1. The third-order valence-electron chi connectivity index (χ3n) is 3.96. The third-order valence-corrected chi connectivity index (χ3v) is 5.01. The van der Waals surface area contributed by atoms with E-state index in [0.717, 1.165) is 4.70 Å². The van der Waals surface area contributed by atoms with E-state index in [1.54, 1.807) is 27.9 Å². The molecule has 3 aromatic rings. The normalized spacial score (nSPS) is 11.7. The van der Waals surface area contributed by atoms with Crippen molar-refractivity contribution in [3.63, 3.8) is 0 Å². The summed E-state index contributed by atoms with van der Waals surface area (Å²) in [5.41, 5.74) is 1.20. The van der Waals surface area contributed by atoms with Gasteiger partial charge in [0.1, 0.15) is 11.5 Å². The van der Waals surface area contributed by atoms with E-state index < -0.39 is 0 Å². The van der Waals surface area contributed by atoms with Crippen LogP contribution in [0.3, 0.4) is 0 Å². The summed E-state index contributed by atoms with van der Waals surface area (Å²) in [5, 5.41) is 4.82. The molecule has 0 radical (unpaired) electrons. The van der Waals surface area contributed by atoms with Crippen molar-refractivity contribution >= 4 is 32.6 Å². The first-order valence-corrected chi connectivity index (χ1v) is 9.24. The quantitative estimate of drug-likeness (QED) is 0.662. The number of hydrogen-bond donors (Lipinski definition) is 0. The standard InChI is InChI=1S/C18H22FN5OS/c1-12(2)24-15(7-8-20-24)17(25)23(10-9-22(3)4)18-21-14-6-5-13(19)11-16(14)26-18/h5-8,11-12H,9-10H2,1-4H3. The Morgan fingerprint density at radius 1 is 1.27 bits per heavy atom. The molecule has 2 heterocycles. The lowest BCUT2D eigenvalue weighted by Gasteiger charge is -2.22. The second-order valence-electron chi connectivity index (χ2n) is 6.62. The van der Waals surface area contributed by atoms with Gasteiger partial charge in [0.2, 0.25) is 0 Å². The minimum Gasteiger partial charge on any atom is -0.308 e. The third kappa shape index (κ3) is 3.76. The van der Waals surface area contributed by atoms with Crippen molar-refractivity contribution in [3.8, 4) is 0 Å². The molecule has 0 saturated heterocycles. The van der Waals surface area contributed by atoms with E-state index in [-0.39, 0.29) is 17.8 Å². The zero-order chi connectivity index (χ0) is 18.8. The van der Waals surface area contributed by atoms with E-state index in [4.69, 9.17) is 0 Å². The van der Waals surface area contributed by atoms with Gasteiger partial charge in [0, 0.05) is 25.3 Å². The van der Waals surface area contributed by atoms with Crippen LogP contribution in [0.4, 0.5) is 9.52 Å². The molecule has 0 aliphatic rings. The zero-order valence-corrected chi connectivity index (χ0v) is 16.1. The molecular weight excluding hydrogens is 353 g/mol. The van der Waals surface area contributed by atoms with Crippen LogP contribution in [-0.4, -0.2) is 52.8 Å². The molecule has 0 atom stereocenters. The first kappa shape index (κ1) is 18.5. The predicted molar refractivity (Wildman–Crippen MR) is 102 cm³/mol. The van der Waals surface area contributed by atoms with Gasteiger partial charge in [-0.1, -0.05) is 11.3 Å². The number of thiazole rings is 1. The van der Waals surface area contributed by atoms with E-state index in [1.807, 2.05) is 32.8 Å². The highest BCUT2D eigenvalue weighted by molar-refractivity contribution is 7.22. The maximum absolute atomic E-state index is 13.5. The highest BCUT2D eigenvalue weighted by Crippen LogP contribution is 2.30. The summed E-state index contributed by atoms with van der Waals surface area (Å²) < 4.78 is 15.9. The number of anilines is 1. The van der Waals surface area contributed by atoms with E-state index in [9.17, 15) is 9.18 Å². The lowest BCUT2D eigenvalue weighted by atomic mass is 10.3. The van der Waals surface area contributed by atoms with Crippen molar-refractivity contribution in [2.24, 2.45) is 0 Å². The molecule has 3 rings (SSSR count). The maximum Gasteiger partial charge on any atom is 0.278 e. The van der Waals surface area contributed by atoms with Crippen LogP contribution in [0.15, 0.2) is 30.5 Å². The summed E-state index contributed by atoms with van der Waals surface area (Å²) in [4.78, 5) is 21.4. The van der Waals surface area contributed by atoms with Crippen molar-refractivity contribution < 1.29 is 9.18 Å². The average Bonchev–Trinajstić information content (AvgIpc) is 3.20. The molecule has 26 heavy (non-hydrogen) atoms. The van der Waals surface area contributed by atoms with Crippen molar-refractivity contribution in [1.82, 2.24) is 19.7 Å². The summed E-state index contributed by atoms with van der Waals surface area (Å²) in [5.74, 6) is -0.464. The number of fused-ring (bicyclic) bond motifs is 1. The fourth-order valence-corrected chi connectivity index (χ4v) is 3.63. The molecule has 6 nitrogen and oxygen atoms in total.